The number of hydrogen-bond acceptors (Lipinski definition) is 3. The second-order valence-corrected chi connectivity index (χ2v) is 5.98. The van der Waals surface area contributed by atoms with Crippen LogP contribution in [0.5, 0.6) is 0 Å². The van der Waals surface area contributed by atoms with Crippen molar-refractivity contribution in [3.05, 3.63) is 72.1 Å². The second kappa shape index (κ2) is 7.71. The van der Waals surface area contributed by atoms with Gasteiger partial charge in [0.2, 0.25) is 0 Å². The van der Waals surface area contributed by atoms with E-state index in [0.29, 0.717) is 5.82 Å². The molecular formula is C21H20N2O2. The summed E-state index contributed by atoms with van der Waals surface area (Å²) in [6, 6.07) is 15.1. The van der Waals surface area contributed by atoms with Crippen molar-refractivity contribution in [2.24, 2.45) is 0 Å². The van der Waals surface area contributed by atoms with E-state index in [2.05, 4.69) is 41.2 Å². The first kappa shape index (κ1) is 16.8. The Morgan fingerprint density at radius 1 is 0.880 bits per heavy atom. The quantitative estimate of drug-likeness (QED) is 0.701. The molecule has 0 fully saturated rings. The minimum atomic E-state index is -0.940. The molecular weight excluding hydrogens is 312 g/mol. The smallest absolute Gasteiger partial charge is 0.335 e. The van der Waals surface area contributed by atoms with Gasteiger partial charge in [0.15, 0.2) is 5.82 Å². The molecule has 1 aromatic heterocycles. The SMILES string of the molecule is CCCCc1ccc(-c2cnc(-c3ccc(C(=O)O)cc3)nc2)cc1. The number of benzene rings is 2. The molecule has 2 aromatic carbocycles. The highest BCUT2D eigenvalue weighted by atomic mass is 16.4. The van der Waals surface area contributed by atoms with Crippen LogP contribution in [0.25, 0.3) is 22.5 Å². The Balaban J connectivity index is 1.76. The summed E-state index contributed by atoms with van der Waals surface area (Å²) in [5.41, 5.74) is 4.46. The van der Waals surface area contributed by atoms with E-state index in [4.69, 9.17) is 5.11 Å². The van der Waals surface area contributed by atoms with E-state index in [1.807, 2.05) is 0 Å². The zero-order chi connectivity index (χ0) is 17.6. The molecule has 0 saturated heterocycles. The summed E-state index contributed by atoms with van der Waals surface area (Å²) in [6.45, 7) is 2.20. The van der Waals surface area contributed by atoms with Crippen LogP contribution in [0.15, 0.2) is 60.9 Å². The van der Waals surface area contributed by atoms with Crippen molar-refractivity contribution in [2.45, 2.75) is 26.2 Å². The van der Waals surface area contributed by atoms with E-state index in [-0.39, 0.29) is 5.56 Å². The molecule has 0 unspecified atom stereocenters. The van der Waals surface area contributed by atoms with Crippen LogP contribution in [0.1, 0.15) is 35.7 Å². The maximum absolute atomic E-state index is 10.9. The fraction of sp³-hybridized carbons (Fsp3) is 0.190. The number of carboxylic acid groups (broad SMARTS) is 1. The van der Waals surface area contributed by atoms with E-state index in [9.17, 15) is 4.79 Å². The van der Waals surface area contributed by atoms with Gasteiger partial charge in [-0.2, -0.15) is 0 Å². The fourth-order valence-electron chi connectivity index (χ4n) is 2.63. The number of aromatic nitrogens is 2. The summed E-state index contributed by atoms with van der Waals surface area (Å²) >= 11 is 0. The van der Waals surface area contributed by atoms with Gasteiger partial charge in [-0.05, 0) is 36.1 Å². The summed E-state index contributed by atoms with van der Waals surface area (Å²) in [5, 5.41) is 8.94. The maximum Gasteiger partial charge on any atom is 0.335 e. The Kier molecular flexibility index (Phi) is 5.19. The minimum Gasteiger partial charge on any atom is -0.478 e. The third kappa shape index (κ3) is 4.10. The highest BCUT2D eigenvalue weighted by Crippen LogP contribution is 2.21. The third-order valence-electron chi connectivity index (χ3n) is 4.15. The van der Waals surface area contributed by atoms with Gasteiger partial charge >= 0.3 is 5.97 Å². The van der Waals surface area contributed by atoms with Crippen molar-refractivity contribution in [3.8, 4) is 22.5 Å². The van der Waals surface area contributed by atoms with Crippen LogP contribution >= 0.6 is 0 Å². The molecule has 0 saturated carbocycles. The molecule has 0 atom stereocenters. The van der Waals surface area contributed by atoms with Crippen molar-refractivity contribution in [1.82, 2.24) is 9.97 Å². The first-order valence-electron chi connectivity index (χ1n) is 8.42. The summed E-state index contributed by atoms with van der Waals surface area (Å²) in [4.78, 5) is 19.7. The number of hydrogen-bond donors (Lipinski definition) is 1. The molecule has 0 aliphatic heterocycles. The van der Waals surface area contributed by atoms with Crippen LogP contribution < -0.4 is 0 Å². The van der Waals surface area contributed by atoms with Gasteiger partial charge < -0.3 is 5.11 Å². The summed E-state index contributed by atoms with van der Waals surface area (Å²) in [6.07, 6.45) is 7.11. The lowest BCUT2D eigenvalue weighted by atomic mass is 10.0. The Morgan fingerprint density at radius 3 is 2.04 bits per heavy atom. The van der Waals surface area contributed by atoms with Crippen molar-refractivity contribution in [2.75, 3.05) is 0 Å². The standard InChI is InChI=1S/C21H20N2O2/c1-2-3-4-15-5-7-16(8-6-15)19-13-22-20(23-14-19)17-9-11-18(12-10-17)21(24)25/h5-14H,2-4H2,1H3,(H,24,25). The summed E-state index contributed by atoms with van der Waals surface area (Å²) < 4.78 is 0. The summed E-state index contributed by atoms with van der Waals surface area (Å²) in [5.74, 6) is -0.356. The second-order valence-electron chi connectivity index (χ2n) is 5.98. The normalized spacial score (nSPS) is 10.6. The minimum absolute atomic E-state index is 0.253. The van der Waals surface area contributed by atoms with Gasteiger partial charge in [-0.25, -0.2) is 14.8 Å². The van der Waals surface area contributed by atoms with E-state index < -0.39 is 5.97 Å². The highest BCUT2D eigenvalue weighted by Gasteiger charge is 2.06. The molecule has 126 valence electrons. The first-order valence-corrected chi connectivity index (χ1v) is 8.42. The zero-order valence-corrected chi connectivity index (χ0v) is 14.1. The molecule has 4 heteroatoms. The lowest BCUT2D eigenvalue weighted by Gasteiger charge is -2.05. The van der Waals surface area contributed by atoms with E-state index in [1.165, 1.54) is 18.4 Å². The Bertz CT molecular complexity index is 839. The molecule has 0 radical (unpaired) electrons. The molecule has 3 rings (SSSR count). The third-order valence-corrected chi connectivity index (χ3v) is 4.15. The number of aryl methyl sites for hydroxylation is 1. The topological polar surface area (TPSA) is 63.1 Å². The van der Waals surface area contributed by atoms with Gasteiger partial charge in [-0.1, -0.05) is 49.7 Å². The Labute approximate surface area is 147 Å². The van der Waals surface area contributed by atoms with E-state index >= 15 is 0 Å². The van der Waals surface area contributed by atoms with Gasteiger partial charge in [0.25, 0.3) is 0 Å². The van der Waals surface area contributed by atoms with Crippen molar-refractivity contribution >= 4 is 5.97 Å². The van der Waals surface area contributed by atoms with Crippen LogP contribution in [0.3, 0.4) is 0 Å². The number of rotatable bonds is 6. The molecule has 0 bridgehead atoms. The lowest BCUT2D eigenvalue weighted by molar-refractivity contribution is 0.0697. The largest absolute Gasteiger partial charge is 0.478 e. The monoisotopic (exact) mass is 332 g/mol. The van der Waals surface area contributed by atoms with Crippen LogP contribution in [-0.4, -0.2) is 21.0 Å². The van der Waals surface area contributed by atoms with Gasteiger partial charge in [0.05, 0.1) is 5.56 Å². The molecule has 25 heavy (non-hydrogen) atoms. The van der Waals surface area contributed by atoms with Gasteiger partial charge in [0.1, 0.15) is 0 Å². The average molecular weight is 332 g/mol. The lowest BCUT2D eigenvalue weighted by Crippen LogP contribution is -1.96. The Morgan fingerprint density at radius 2 is 1.48 bits per heavy atom. The summed E-state index contributed by atoms with van der Waals surface area (Å²) in [7, 11) is 0. The average Bonchev–Trinajstić information content (AvgIpc) is 2.67. The van der Waals surface area contributed by atoms with Crippen molar-refractivity contribution in [1.29, 1.82) is 0 Å². The van der Waals surface area contributed by atoms with Gasteiger partial charge in [0, 0.05) is 23.5 Å². The predicted molar refractivity (Wildman–Crippen MR) is 98.5 cm³/mol. The maximum atomic E-state index is 10.9. The molecule has 0 aliphatic carbocycles. The number of carbonyl (C=O) groups is 1. The fourth-order valence-corrected chi connectivity index (χ4v) is 2.63. The van der Waals surface area contributed by atoms with Gasteiger partial charge in [-0.3, -0.25) is 0 Å². The van der Waals surface area contributed by atoms with Gasteiger partial charge in [-0.15, -0.1) is 0 Å². The predicted octanol–water partition coefficient (Wildman–Crippen LogP) is 4.85. The van der Waals surface area contributed by atoms with E-state index in [1.54, 1.807) is 36.7 Å². The van der Waals surface area contributed by atoms with Crippen LogP contribution in [0.2, 0.25) is 0 Å². The zero-order valence-electron chi connectivity index (χ0n) is 14.1. The Hall–Kier alpha value is -3.01. The van der Waals surface area contributed by atoms with Crippen LogP contribution in [0, 0.1) is 0 Å². The molecule has 0 aliphatic rings. The first-order chi connectivity index (χ1) is 12.2. The number of nitrogens with zero attached hydrogens (tertiary/aromatic N) is 2. The van der Waals surface area contributed by atoms with Crippen molar-refractivity contribution < 1.29 is 9.90 Å². The number of aromatic carboxylic acids is 1. The molecule has 4 nitrogen and oxygen atoms in total. The van der Waals surface area contributed by atoms with Crippen LogP contribution in [-0.2, 0) is 6.42 Å². The van der Waals surface area contributed by atoms with Crippen LogP contribution in [0.4, 0.5) is 0 Å². The molecule has 0 amide bonds. The molecule has 0 spiro atoms. The molecule has 3 aromatic rings. The molecule has 1 heterocycles. The van der Waals surface area contributed by atoms with E-state index in [0.717, 1.165) is 23.1 Å². The number of carboxylic acids is 1. The number of unbranched alkanes of at least 4 members (excludes halogenated alkanes) is 1. The van der Waals surface area contributed by atoms with Crippen molar-refractivity contribution in [3.63, 3.8) is 0 Å². The molecule has 1 N–H and O–H groups in total. The highest BCUT2D eigenvalue weighted by molar-refractivity contribution is 5.88.